The Morgan fingerprint density at radius 3 is 1.80 bits per heavy atom. The Bertz CT molecular complexity index is 181. The van der Waals surface area contributed by atoms with E-state index in [1.165, 1.54) is 38.5 Å². The van der Waals surface area contributed by atoms with Gasteiger partial charge in [0.2, 0.25) is 0 Å². The van der Waals surface area contributed by atoms with E-state index in [0.717, 1.165) is 19.3 Å². The van der Waals surface area contributed by atoms with Crippen molar-refractivity contribution in [2.45, 2.75) is 93.9 Å². The van der Waals surface area contributed by atoms with Crippen LogP contribution in [0.2, 0.25) is 8.87 Å². The van der Waals surface area contributed by atoms with Crippen LogP contribution >= 0.6 is 0 Å². The summed E-state index contributed by atoms with van der Waals surface area (Å²) in [7, 11) is 0. The van der Waals surface area contributed by atoms with Crippen molar-refractivity contribution in [3.63, 3.8) is 0 Å². The van der Waals surface area contributed by atoms with Gasteiger partial charge in [-0.1, -0.05) is 32.6 Å². The van der Waals surface area contributed by atoms with E-state index in [0.29, 0.717) is 6.42 Å². The molecule has 1 N–H and O–H groups in total. The predicted molar refractivity (Wildman–Crippen MR) is 87.3 cm³/mol. The first-order valence-corrected chi connectivity index (χ1v) is 12.3. The van der Waals surface area contributed by atoms with Gasteiger partial charge in [0, 0.05) is 6.42 Å². The van der Waals surface area contributed by atoms with Crippen LogP contribution in [0.4, 0.5) is 0 Å². The van der Waals surface area contributed by atoms with Crippen LogP contribution in [0.15, 0.2) is 0 Å². The van der Waals surface area contributed by atoms with E-state index >= 15 is 0 Å². The van der Waals surface area contributed by atoms with Crippen LogP contribution < -0.4 is 0 Å². The zero-order chi connectivity index (χ0) is 15.5. The van der Waals surface area contributed by atoms with Gasteiger partial charge in [-0.05, 0) is 6.42 Å². The second kappa shape index (κ2) is 21.5. The third-order valence-corrected chi connectivity index (χ3v) is 7.04. The minimum absolute atomic E-state index is 0.149. The first-order valence-electron chi connectivity index (χ1n) is 8.27. The van der Waals surface area contributed by atoms with Crippen molar-refractivity contribution in [3.05, 3.63) is 0 Å². The molecule has 0 saturated carbocycles. The zero-order valence-electron chi connectivity index (χ0n) is 13.7. The summed E-state index contributed by atoms with van der Waals surface area (Å²) in [6.45, 7) is 6.72. The minimum atomic E-state index is -0.526. The second-order valence-corrected chi connectivity index (χ2v) is 9.37. The zero-order valence-corrected chi connectivity index (χ0v) is 16.6. The molecule has 20 heavy (non-hydrogen) atoms. The van der Waals surface area contributed by atoms with E-state index < -0.39 is 5.97 Å². The van der Waals surface area contributed by atoms with Crippen molar-refractivity contribution in [2.24, 2.45) is 0 Å². The monoisotopic (exact) mass is 394 g/mol. The van der Waals surface area contributed by atoms with Crippen molar-refractivity contribution in [2.75, 3.05) is 0 Å². The number of rotatable bonds is 12. The standard InChI is InChI=1S/C8H16O3.2C4H9.Sn/c1-2-3-4-5-6-7-8(9)11-10;2*1-3-4-2;/h10H,2-7H2,1H3;2*1,3-4H2,2H3;. The molecule has 0 saturated heterocycles. The Morgan fingerprint density at radius 2 is 1.35 bits per heavy atom. The molecule has 4 heteroatoms. The molecule has 0 aliphatic carbocycles. The second-order valence-electron chi connectivity index (χ2n) is 5.08. The Morgan fingerprint density at radius 1 is 0.850 bits per heavy atom. The van der Waals surface area contributed by atoms with E-state index in [2.05, 4.69) is 25.7 Å². The van der Waals surface area contributed by atoms with Crippen LogP contribution in [0, 0.1) is 0 Å². The van der Waals surface area contributed by atoms with Crippen LogP contribution in [0.3, 0.4) is 0 Å². The topological polar surface area (TPSA) is 46.5 Å². The number of hydrogen-bond donors (Lipinski definition) is 1. The van der Waals surface area contributed by atoms with Gasteiger partial charge in [0.25, 0.3) is 0 Å². The number of carbonyl (C=O) groups is 1. The maximum atomic E-state index is 10.4. The molecule has 0 aromatic heterocycles. The average molecular weight is 393 g/mol. The van der Waals surface area contributed by atoms with E-state index in [9.17, 15) is 4.79 Å². The summed E-state index contributed by atoms with van der Waals surface area (Å²) in [4.78, 5) is 13.9. The molecule has 0 amide bonds. The summed E-state index contributed by atoms with van der Waals surface area (Å²) in [6.07, 6.45) is 11.6. The van der Waals surface area contributed by atoms with E-state index in [1.54, 1.807) is 8.87 Å². The third kappa shape index (κ3) is 23.3. The summed E-state index contributed by atoms with van der Waals surface area (Å²) in [6, 6.07) is 0. The van der Waals surface area contributed by atoms with Gasteiger partial charge < -0.3 is 4.89 Å². The predicted octanol–water partition coefficient (Wildman–Crippen LogP) is 5.49. The van der Waals surface area contributed by atoms with Gasteiger partial charge in [0.1, 0.15) is 0 Å². The molecule has 0 rings (SSSR count). The van der Waals surface area contributed by atoms with Gasteiger partial charge in [-0.15, -0.1) is 0 Å². The van der Waals surface area contributed by atoms with Crippen molar-refractivity contribution in [1.82, 2.24) is 0 Å². The number of unbranched alkanes of at least 4 members (excludes halogenated alkanes) is 6. The summed E-state index contributed by atoms with van der Waals surface area (Å²) < 4.78 is 3.25. The molecule has 2 radical (unpaired) electrons. The van der Waals surface area contributed by atoms with Gasteiger partial charge in [-0.2, -0.15) is 5.26 Å². The van der Waals surface area contributed by atoms with Gasteiger partial charge in [-0.3, -0.25) is 0 Å². The molecule has 0 bridgehead atoms. The Hall–Kier alpha value is 0.229. The molecule has 0 atom stereocenters. The maximum absolute atomic E-state index is 10.4. The van der Waals surface area contributed by atoms with Crippen LogP contribution in [-0.4, -0.2) is 32.4 Å². The molecule has 120 valence electrons. The van der Waals surface area contributed by atoms with Crippen molar-refractivity contribution < 1.29 is 14.9 Å². The molecular formula is C16H34O3Sn. The molecule has 0 unspecified atom stereocenters. The van der Waals surface area contributed by atoms with Crippen LogP contribution in [0.25, 0.3) is 0 Å². The van der Waals surface area contributed by atoms with Crippen LogP contribution in [0.5, 0.6) is 0 Å². The van der Waals surface area contributed by atoms with Gasteiger partial charge in [0.15, 0.2) is 0 Å². The van der Waals surface area contributed by atoms with Crippen LogP contribution in [-0.2, 0) is 9.68 Å². The fourth-order valence-corrected chi connectivity index (χ4v) is 5.81. The fraction of sp³-hybridized carbons (Fsp3) is 0.938. The van der Waals surface area contributed by atoms with Gasteiger partial charge in [0.05, 0.1) is 0 Å². The van der Waals surface area contributed by atoms with Gasteiger partial charge in [-0.25, -0.2) is 4.79 Å². The van der Waals surface area contributed by atoms with Crippen molar-refractivity contribution >= 4 is 27.1 Å². The summed E-state index contributed by atoms with van der Waals surface area (Å²) in [5, 5.41) is 7.89. The van der Waals surface area contributed by atoms with Gasteiger partial charge >= 0.3 is 75.5 Å². The van der Waals surface area contributed by atoms with E-state index in [-0.39, 0.29) is 21.1 Å². The molecule has 0 aromatic rings. The quantitative estimate of drug-likeness (QED) is 0.206. The third-order valence-electron chi connectivity index (χ3n) is 3.00. The fourth-order valence-electron chi connectivity index (χ4n) is 1.65. The Kier molecular flexibility index (Phi) is 24.2. The first kappa shape index (κ1) is 22.5. The molecule has 0 spiro atoms. The SMILES string of the molecule is CCCCCCCC(=O)OO.CCC[CH2][Sn][CH2]CCC. The van der Waals surface area contributed by atoms with Crippen molar-refractivity contribution in [3.8, 4) is 0 Å². The molecule has 3 nitrogen and oxygen atoms in total. The van der Waals surface area contributed by atoms with Crippen molar-refractivity contribution in [1.29, 1.82) is 0 Å². The molecule has 0 fully saturated rings. The Labute approximate surface area is 136 Å². The molecule has 0 aromatic carbocycles. The van der Waals surface area contributed by atoms with E-state index in [1.807, 2.05) is 0 Å². The summed E-state index contributed by atoms with van der Waals surface area (Å²) in [5.41, 5.74) is 0. The average Bonchev–Trinajstić information content (AvgIpc) is 2.47. The molecular weight excluding hydrogens is 359 g/mol. The normalized spacial score (nSPS) is 9.80. The molecule has 0 aliphatic rings. The Balaban J connectivity index is 0. The number of hydrogen-bond acceptors (Lipinski definition) is 3. The van der Waals surface area contributed by atoms with Crippen LogP contribution in [0.1, 0.15) is 85.0 Å². The first-order chi connectivity index (χ1) is 9.72. The summed E-state index contributed by atoms with van der Waals surface area (Å²) >= 11 is 0.149. The number of carbonyl (C=O) groups excluding carboxylic acids is 1. The van der Waals surface area contributed by atoms with E-state index in [4.69, 9.17) is 5.26 Å². The molecule has 0 heterocycles. The summed E-state index contributed by atoms with van der Waals surface area (Å²) in [5.74, 6) is -0.526. The molecule has 0 aliphatic heterocycles.